The quantitative estimate of drug-likeness (QED) is 0.939. The number of methoxy groups -OCH3 is 1. The minimum absolute atomic E-state index is 0.358. The van der Waals surface area contributed by atoms with E-state index >= 15 is 0 Å². The summed E-state index contributed by atoms with van der Waals surface area (Å²) in [7, 11) is 1.71. The SMILES string of the molecule is COc1ccc(C(c2cc(C)cs2)N2CCNCC2)cc1. The first-order valence-electron chi connectivity index (χ1n) is 7.41. The molecule has 2 heterocycles. The van der Waals surface area contributed by atoms with Crippen molar-refractivity contribution >= 4 is 11.3 Å². The summed E-state index contributed by atoms with van der Waals surface area (Å²) in [5.41, 5.74) is 2.70. The van der Waals surface area contributed by atoms with Crippen LogP contribution < -0.4 is 10.1 Å². The molecule has 1 aromatic carbocycles. The maximum Gasteiger partial charge on any atom is 0.118 e. The van der Waals surface area contributed by atoms with Crippen LogP contribution in [-0.2, 0) is 0 Å². The van der Waals surface area contributed by atoms with Gasteiger partial charge in [0.2, 0.25) is 0 Å². The number of rotatable bonds is 4. The molecule has 1 atom stereocenters. The van der Waals surface area contributed by atoms with Gasteiger partial charge in [0.1, 0.15) is 5.75 Å². The molecule has 0 amide bonds. The summed E-state index contributed by atoms with van der Waals surface area (Å²) in [5, 5.41) is 5.68. The fourth-order valence-corrected chi connectivity index (χ4v) is 3.94. The zero-order valence-corrected chi connectivity index (χ0v) is 13.5. The van der Waals surface area contributed by atoms with Crippen LogP contribution in [0.25, 0.3) is 0 Å². The zero-order chi connectivity index (χ0) is 14.7. The van der Waals surface area contributed by atoms with Crippen LogP contribution in [0.4, 0.5) is 0 Å². The van der Waals surface area contributed by atoms with Crippen LogP contribution >= 0.6 is 11.3 Å². The van der Waals surface area contributed by atoms with Crippen LogP contribution in [0.3, 0.4) is 0 Å². The van der Waals surface area contributed by atoms with Crippen LogP contribution in [-0.4, -0.2) is 38.2 Å². The Morgan fingerprint density at radius 3 is 2.48 bits per heavy atom. The smallest absolute Gasteiger partial charge is 0.118 e. The monoisotopic (exact) mass is 302 g/mol. The van der Waals surface area contributed by atoms with Crippen LogP contribution in [0, 0.1) is 6.92 Å². The summed E-state index contributed by atoms with van der Waals surface area (Å²) < 4.78 is 5.28. The number of benzene rings is 1. The summed E-state index contributed by atoms with van der Waals surface area (Å²) in [5.74, 6) is 0.917. The molecule has 4 heteroatoms. The van der Waals surface area contributed by atoms with Crippen molar-refractivity contribution in [1.82, 2.24) is 10.2 Å². The van der Waals surface area contributed by atoms with Gasteiger partial charge in [0.15, 0.2) is 0 Å². The number of piperazine rings is 1. The van der Waals surface area contributed by atoms with Crippen molar-refractivity contribution in [3.8, 4) is 5.75 Å². The fraction of sp³-hybridized carbons (Fsp3) is 0.412. The molecule has 0 radical (unpaired) electrons. The average molecular weight is 302 g/mol. The van der Waals surface area contributed by atoms with E-state index in [9.17, 15) is 0 Å². The van der Waals surface area contributed by atoms with E-state index in [2.05, 4.69) is 52.9 Å². The molecule has 21 heavy (non-hydrogen) atoms. The Hall–Kier alpha value is -1.36. The Labute approximate surface area is 130 Å². The van der Waals surface area contributed by atoms with Crippen molar-refractivity contribution in [3.63, 3.8) is 0 Å². The van der Waals surface area contributed by atoms with Gasteiger partial charge in [-0.05, 0) is 41.6 Å². The van der Waals surface area contributed by atoms with Gasteiger partial charge in [-0.1, -0.05) is 12.1 Å². The van der Waals surface area contributed by atoms with Crippen molar-refractivity contribution in [2.45, 2.75) is 13.0 Å². The number of aryl methyl sites for hydroxylation is 1. The maximum atomic E-state index is 5.28. The molecule has 0 saturated carbocycles. The molecule has 1 unspecified atom stereocenters. The molecule has 1 aromatic heterocycles. The lowest BCUT2D eigenvalue weighted by Crippen LogP contribution is -2.45. The van der Waals surface area contributed by atoms with E-state index < -0.39 is 0 Å². The van der Waals surface area contributed by atoms with Crippen molar-refractivity contribution in [1.29, 1.82) is 0 Å². The minimum Gasteiger partial charge on any atom is -0.497 e. The molecular formula is C17H22N2OS. The van der Waals surface area contributed by atoms with E-state index in [0.717, 1.165) is 31.9 Å². The third-order valence-corrected chi connectivity index (χ3v) is 5.07. The van der Waals surface area contributed by atoms with Crippen LogP contribution in [0.1, 0.15) is 22.0 Å². The molecule has 1 saturated heterocycles. The van der Waals surface area contributed by atoms with Gasteiger partial charge in [-0.3, -0.25) is 4.90 Å². The van der Waals surface area contributed by atoms with Gasteiger partial charge in [0.05, 0.1) is 13.2 Å². The van der Waals surface area contributed by atoms with E-state index in [1.165, 1.54) is 16.0 Å². The van der Waals surface area contributed by atoms with E-state index in [1.54, 1.807) is 7.11 Å². The Balaban J connectivity index is 1.93. The Kier molecular flexibility index (Phi) is 4.58. The predicted octanol–water partition coefficient (Wildman–Crippen LogP) is 3.06. The lowest BCUT2D eigenvalue weighted by atomic mass is 10.0. The van der Waals surface area contributed by atoms with Gasteiger partial charge in [-0.15, -0.1) is 11.3 Å². The third kappa shape index (κ3) is 3.28. The predicted molar refractivity (Wildman–Crippen MR) is 88.3 cm³/mol. The highest BCUT2D eigenvalue weighted by Crippen LogP contribution is 2.33. The van der Waals surface area contributed by atoms with Crippen LogP contribution in [0.5, 0.6) is 5.75 Å². The lowest BCUT2D eigenvalue weighted by Gasteiger charge is -2.34. The standard InChI is InChI=1S/C17H22N2OS/c1-13-11-16(21-12-13)17(19-9-7-18-8-10-19)14-3-5-15(20-2)6-4-14/h3-6,11-12,17-18H,7-10H2,1-2H3. The average Bonchev–Trinajstić information content (AvgIpc) is 2.95. The second-order valence-corrected chi connectivity index (χ2v) is 6.43. The molecule has 1 aliphatic rings. The van der Waals surface area contributed by atoms with Gasteiger partial charge in [0, 0.05) is 31.1 Å². The zero-order valence-electron chi connectivity index (χ0n) is 12.6. The number of hydrogen-bond acceptors (Lipinski definition) is 4. The summed E-state index contributed by atoms with van der Waals surface area (Å²) in [4.78, 5) is 4.00. The number of nitrogens with zero attached hydrogens (tertiary/aromatic N) is 1. The first kappa shape index (κ1) is 14.6. The van der Waals surface area contributed by atoms with E-state index in [4.69, 9.17) is 4.74 Å². The molecule has 0 aliphatic carbocycles. The number of hydrogen-bond donors (Lipinski definition) is 1. The van der Waals surface area contributed by atoms with E-state index in [0.29, 0.717) is 6.04 Å². The first-order chi connectivity index (χ1) is 10.3. The second kappa shape index (κ2) is 6.60. The maximum absolute atomic E-state index is 5.28. The Bertz CT molecular complexity index is 573. The van der Waals surface area contributed by atoms with Gasteiger partial charge in [0.25, 0.3) is 0 Å². The molecule has 1 N–H and O–H groups in total. The molecule has 112 valence electrons. The fourth-order valence-electron chi connectivity index (χ4n) is 2.88. The molecule has 1 fully saturated rings. The van der Waals surface area contributed by atoms with E-state index in [-0.39, 0.29) is 0 Å². The lowest BCUT2D eigenvalue weighted by molar-refractivity contribution is 0.200. The normalized spacial score (nSPS) is 17.6. The van der Waals surface area contributed by atoms with Crippen molar-refractivity contribution < 1.29 is 4.74 Å². The summed E-state index contributed by atoms with van der Waals surface area (Å²) in [6.07, 6.45) is 0. The van der Waals surface area contributed by atoms with Gasteiger partial charge in [-0.25, -0.2) is 0 Å². The van der Waals surface area contributed by atoms with E-state index in [1.807, 2.05) is 11.3 Å². The van der Waals surface area contributed by atoms with Gasteiger partial charge in [-0.2, -0.15) is 0 Å². The molecule has 3 nitrogen and oxygen atoms in total. The number of thiophene rings is 1. The second-order valence-electron chi connectivity index (χ2n) is 5.49. The Morgan fingerprint density at radius 1 is 1.19 bits per heavy atom. The highest BCUT2D eigenvalue weighted by atomic mass is 32.1. The Morgan fingerprint density at radius 2 is 1.90 bits per heavy atom. The highest BCUT2D eigenvalue weighted by molar-refractivity contribution is 7.10. The topological polar surface area (TPSA) is 24.5 Å². The minimum atomic E-state index is 0.358. The van der Waals surface area contributed by atoms with Crippen LogP contribution in [0.15, 0.2) is 35.7 Å². The summed E-state index contributed by atoms with van der Waals surface area (Å²) >= 11 is 1.86. The molecule has 0 bridgehead atoms. The van der Waals surface area contributed by atoms with Gasteiger partial charge < -0.3 is 10.1 Å². The molecular weight excluding hydrogens is 280 g/mol. The molecule has 0 spiro atoms. The summed E-state index contributed by atoms with van der Waals surface area (Å²) in [6, 6.07) is 11.2. The molecule has 2 aromatic rings. The molecule has 1 aliphatic heterocycles. The third-order valence-electron chi connectivity index (χ3n) is 3.97. The number of nitrogens with one attached hydrogen (secondary N) is 1. The van der Waals surface area contributed by atoms with Crippen molar-refractivity contribution in [2.24, 2.45) is 0 Å². The van der Waals surface area contributed by atoms with Crippen molar-refractivity contribution in [3.05, 3.63) is 51.7 Å². The van der Waals surface area contributed by atoms with Crippen LogP contribution in [0.2, 0.25) is 0 Å². The largest absolute Gasteiger partial charge is 0.497 e. The molecule has 3 rings (SSSR count). The van der Waals surface area contributed by atoms with Crippen molar-refractivity contribution in [2.75, 3.05) is 33.3 Å². The number of ether oxygens (including phenoxy) is 1. The first-order valence-corrected chi connectivity index (χ1v) is 8.29. The summed E-state index contributed by atoms with van der Waals surface area (Å²) in [6.45, 7) is 6.48. The highest BCUT2D eigenvalue weighted by Gasteiger charge is 2.24. The van der Waals surface area contributed by atoms with Gasteiger partial charge >= 0.3 is 0 Å².